The van der Waals surface area contributed by atoms with Gasteiger partial charge in [0, 0.05) is 15.6 Å². The van der Waals surface area contributed by atoms with Crippen LogP contribution >= 0.6 is 28.1 Å². The average molecular weight is 546 g/mol. The molecule has 0 spiro atoms. The van der Waals surface area contributed by atoms with Crippen molar-refractivity contribution in [3.05, 3.63) is 99.0 Å². The number of nitriles is 1. The Morgan fingerprint density at radius 2 is 1.86 bits per heavy atom. The molecule has 0 unspecified atom stereocenters. The fraction of sp³-hybridized carbons (Fsp3) is 0.111. The van der Waals surface area contributed by atoms with E-state index in [1.54, 1.807) is 42.5 Å². The first-order valence-corrected chi connectivity index (χ1v) is 12.0. The molecule has 1 N–H and O–H groups in total. The number of benzene rings is 3. The summed E-state index contributed by atoms with van der Waals surface area (Å²) in [5.74, 6) is -0.646. The molecule has 4 rings (SSSR count). The van der Waals surface area contributed by atoms with Crippen LogP contribution in [0.15, 0.2) is 76.8 Å². The van der Waals surface area contributed by atoms with Gasteiger partial charge in [-0.25, -0.2) is 0 Å². The van der Waals surface area contributed by atoms with E-state index in [0.29, 0.717) is 22.6 Å². The van der Waals surface area contributed by atoms with E-state index in [1.165, 1.54) is 11.0 Å². The summed E-state index contributed by atoms with van der Waals surface area (Å²) in [6.45, 7) is 2.20. The lowest BCUT2D eigenvalue weighted by Crippen LogP contribution is -2.54. The van der Waals surface area contributed by atoms with Gasteiger partial charge in [-0.3, -0.25) is 19.8 Å². The molecule has 0 bridgehead atoms. The summed E-state index contributed by atoms with van der Waals surface area (Å²) in [6, 6.07) is 22.1. The van der Waals surface area contributed by atoms with Gasteiger partial charge in [-0.2, -0.15) is 5.26 Å². The van der Waals surface area contributed by atoms with Gasteiger partial charge in [-0.1, -0.05) is 53.2 Å². The highest BCUT2D eigenvalue weighted by molar-refractivity contribution is 9.10. The van der Waals surface area contributed by atoms with Gasteiger partial charge >= 0.3 is 0 Å². The molecule has 8 heteroatoms. The molecule has 0 radical (unpaired) electrons. The van der Waals surface area contributed by atoms with Crippen LogP contribution in [0.25, 0.3) is 6.08 Å². The normalized spacial score (nSPS) is 14.6. The van der Waals surface area contributed by atoms with E-state index in [2.05, 4.69) is 27.3 Å². The Labute approximate surface area is 216 Å². The topological polar surface area (TPSA) is 82.4 Å². The zero-order valence-corrected chi connectivity index (χ0v) is 21.2. The van der Waals surface area contributed by atoms with Crippen molar-refractivity contribution in [1.82, 2.24) is 5.32 Å². The highest BCUT2D eigenvalue weighted by Crippen LogP contribution is 2.29. The summed E-state index contributed by atoms with van der Waals surface area (Å²) >= 11 is 8.73. The van der Waals surface area contributed by atoms with Crippen molar-refractivity contribution in [3.63, 3.8) is 0 Å². The van der Waals surface area contributed by atoms with Crippen LogP contribution in [0.1, 0.15) is 29.2 Å². The Morgan fingerprint density at radius 3 is 2.57 bits per heavy atom. The van der Waals surface area contributed by atoms with Crippen LogP contribution in [0.2, 0.25) is 0 Å². The Hall–Kier alpha value is -3.80. The van der Waals surface area contributed by atoms with E-state index in [-0.39, 0.29) is 17.3 Å². The molecule has 1 heterocycles. The maximum Gasteiger partial charge on any atom is 0.270 e. The zero-order chi connectivity index (χ0) is 24.9. The van der Waals surface area contributed by atoms with Crippen molar-refractivity contribution in [1.29, 1.82) is 5.26 Å². The predicted molar refractivity (Wildman–Crippen MR) is 142 cm³/mol. The molecule has 3 aromatic rings. The highest BCUT2D eigenvalue weighted by atomic mass is 79.9. The number of halogens is 1. The number of nitrogens with zero attached hydrogens (tertiary/aromatic N) is 2. The molecule has 6 nitrogen and oxygen atoms in total. The van der Waals surface area contributed by atoms with Crippen LogP contribution in [0.4, 0.5) is 5.69 Å². The summed E-state index contributed by atoms with van der Waals surface area (Å²) in [4.78, 5) is 27.4. The molecular weight excluding hydrogens is 526 g/mol. The van der Waals surface area contributed by atoms with E-state index in [9.17, 15) is 14.9 Å². The van der Waals surface area contributed by atoms with Crippen molar-refractivity contribution in [2.75, 3.05) is 4.90 Å². The standard InChI is InChI=1S/C27H20BrN3O3S/c1-2-17-7-10-22(11-8-17)31-26(33)23(25(32)30-27(31)35)14-20-13-21(28)9-12-24(20)34-16-19-6-4-3-5-18(19)15-29/h3-14H,2,16H2,1H3,(H,30,32,35)/b23-14+. The number of aryl methyl sites for hydroxylation is 1. The third kappa shape index (κ3) is 5.32. The smallest absolute Gasteiger partial charge is 0.270 e. The maximum atomic E-state index is 13.4. The van der Waals surface area contributed by atoms with Crippen LogP contribution < -0.4 is 15.0 Å². The molecule has 1 fully saturated rings. The van der Waals surface area contributed by atoms with Gasteiger partial charge in [-0.05, 0) is 66.7 Å². The van der Waals surface area contributed by atoms with Crippen LogP contribution in [-0.2, 0) is 22.6 Å². The minimum Gasteiger partial charge on any atom is -0.488 e. The maximum absolute atomic E-state index is 13.4. The number of amides is 2. The van der Waals surface area contributed by atoms with Crippen molar-refractivity contribution in [3.8, 4) is 11.8 Å². The minimum atomic E-state index is -0.581. The Balaban J connectivity index is 1.67. The highest BCUT2D eigenvalue weighted by Gasteiger charge is 2.34. The van der Waals surface area contributed by atoms with Crippen LogP contribution in [-0.4, -0.2) is 16.9 Å². The molecule has 0 saturated carbocycles. The number of anilines is 1. The zero-order valence-electron chi connectivity index (χ0n) is 18.7. The average Bonchev–Trinajstić information content (AvgIpc) is 2.86. The third-order valence-corrected chi connectivity index (χ3v) is 6.28. The van der Waals surface area contributed by atoms with Crippen LogP contribution in [0, 0.1) is 11.3 Å². The summed E-state index contributed by atoms with van der Waals surface area (Å²) in [7, 11) is 0. The molecule has 0 aliphatic carbocycles. The van der Waals surface area contributed by atoms with Crippen molar-refractivity contribution in [2.24, 2.45) is 0 Å². The van der Waals surface area contributed by atoms with E-state index in [0.717, 1.165) is 22.0 Å². The number of rotatable bonds is 6. The summed E-state index contributed by atoms with van der Waals surface area (Å²) in [5, 5.41) is 12.0. The minimum absolute atomic E-state index is 0.0280. The molecule has 174 valence electrons. The first kappa shape index (κ1) is 24.3. The van der Waals surface area contributed by atoms with Gasteiger partial charge in [0.2, 0.25) is 0 Å². The molecule has 1 aliphatic heterocycles. The first-order chi connectivity index (χ1) is 16.9. The second kappa shape index (κ2) is 10.6. The molecule has 3 aromatic carbocycles. The van der Waals surface area contributed by atoms with Gasteiger partial charge in [0.1, 0.15) is 17.9 Å². The van der Waals surface area contributed by atoms with E-state index in [1.807, 2.05) is 31.2 Å². The molecule has 1 aliphatic rings. The van der Waals surface area contributed by atoms with Crippen LogP contribution in [0.3, 0.4) is 0 Å². The number of ether oxygens (including phenoxy) is 1. The third-order valence-electron chi connectivity index (χ3n) is 5.50. The lowest BCUT2D eigenvalue weighted by atomic mass is 10.1. The Morgan fingerprint density at radius 1 is 1.11 bits per heavy atom. The molecule has 0 atom stereocenters. The number of nitrogens with one attached hydrogen (secondary N) is 1. The van der Waals surface area contributed by atoms with Crippen LogP contribution in [0.5, 0.6) is 5.75 Å². The first-order valence-electron chi connectivity index (χ1n) is 10.8. The van der Waals surface area contributed by atoms with Gasteiger partial charge in [0.25, 0.3) is 11.8 Å². The van der Waals surface area contributed by atoms with Crippen molar-refractivity contribution < 1.29 is 14.3 Å². The number of hydrogen-bond acceptors (Lipinski definition) is 5. The fourth-order valence-corrected chi connectivity index (χ4v) is 4.26. The summed E-state index contributed by atoms with van der Waals surface area (Å²) in [5.41, 5.74) is 3.40. The lowest BCUT2D eigenvalue weighted by molar-refractivity contribution is -0.122. The number of thiocarbonyl (C=S) groups is 1. The van der Waals surface area contributed by atoms with E-state index < -0.39 is 11.8 Å². The lowest BCUT2D eigenvalue weighted by Gasteiger charge is -2.29. The van der Waals surface area contributed by atoms with Gasteiger partial charge in [0.15, 0.2) is 5.11 Å². The summed E-state index contributed by atoms with van der Waals surface area (Å²) in [6.07, 6.45) is 2.36. The predicted octanol–water partition coefficient (Wildman–Crippen LogP) is 5.29. The van der Waals surface area contributed by atoms with Gasteiger partial charge < -0.3 is 4.74 Å². The molecule has 1 saturated heterocycles. The van der Waals surface area contributed by atoms with E-state index >= 15 is 0 Å². The van der Waals surface area contributed by atoms with Crippen molar-refractivity contribution in [2.45, 2.75) is 20.0 Å². The largest absolute Gasteiger partial charge is 0.488 e. The second-order valence-corrected chi connectivity index (χ2v) is 9.02. The summed E-state index contributed by atoms with van der Waals surface area (Å²) < 4.78 is 6.74. The fourth-order valence-electron chi connectivity index (χ4n) is 3.60. The van der Waals surface area contributed by atoms with Gasteiger partial charge in [-0.15, -0.1) is 0 Å². The van der Waals surface area contributed by atoms with Gasteiger partial charge in [0.05, 0.1) is 17.3 Å². The second-order valence-electron chi connectivity index (χ2n) is 7.72. The van der Waals surface area contributed by atoms with Crippen molar-refractivity contribution >= 4 is 56.8 Å². The molecular formula is C27H20BrN3O3S. The quantitative estimate of drug-likeness (QED) is 0.258. The van der Waals surface area contributed by atoms with E-state index in [4.69, 9.17) is 17.0 Å². The monoisotopic (exact) mass is 545 g/mol. The Kier molecular flexibility index (Phi) is 7.39. The Bertz CT molecular complexity index is 1390. The number of hydrogen-bond donors (Lipinski definition) is 1. The SMILES string of the molecule is CCc1ccc(N2C(=O)/C(=C/c3cc(Br)ccc3OCc3ccccc3C#N)C(=O)NC2=S)cc1. The molecule has 2 amide bonds. The molecule has 35 heavy (non-hydrogen) atoms. The number of carbonyl (C=O) groups excluding carboxylic acids is 2. The number of carbonyl (C=O) groups is 2. The molecule has 0 aromatic heterocycles.